The number of piperidine rings is 1. The van der Waals surface area contributed by atoms with Gasteiger partial charge in [0.2, 0.25) is 5.89 Å². The van der Waals surface area contributed by atoms with Gasteiger partial charge in [0.1, 0.15) is 0 Å². The number of anilines is 1. The highest BCUT2D eigenvalue weighted by Gasteiger charge is 2.27. The fourth-order valence-electron chi connectivity index (χ4n) is 2.04. The Morgan fingerprint density at radius 2 is 2.37 bits per heavy atom. The van der Waals surface area contributed by atoms with Crippen LogP contribution in [0.25, 0.3) is 0 Å². The molecule has 0 amide bonds. The van der Waals surface area contributed by atoms with E-state index >= 15 is 0 Å². The predicted molar refractivity (Wildman–Crippen MR) is 69.9 cm³/mol. The van der Waals surface area contributed by atoms with Gasteiger partial charge in [-0.2, -0.15) is 0 Å². The molecule has 2 rings (SSSR count). The molecule has 2 atom stereocenters. The third-order valence-electron chi connectivity index (χ3n) is 3.40. The van der Waals surface area contributed by atoms with Crippen molar-refractivity contribution in [2.45, 2.75) is 26.0 Å². The summed E-state index contributed by atoms with van der Waals surface area (Å²) in [5, 5.41) is 21.0. The van der Waals surface area contributed by atoms with E-state index in [0.717, 1.165) is 19.5 Å². The van der Waals surface area contributed by atoms with Gasteiger partial charge in [-0.15, -0.1) is 5.10 Å². The molecular formula is C12H22N4O3. The Labute approximate surface area is 112 Å². The zero-order valence-corrected chi connectivity index (χ0v) is 11.5. The minimum atomic E-state index is -0.330. The SMILES string of the molecule is COCCNCc1nnc(N2CCC(C)C(O)C2)o1. The smallest absolute Gasteiger partial charge is 0.318 e. The molecule has 2 unspecified atom stereocenters. The van der Waals surface area contributed by atoms with Gasteiger partial charge >= 0.3 is 6.01 Å². The molecule has 1 fully saturated rings. The summed E-state index contributed by atoms with van der Waals surface area (Å²) >= 11 is 0. The van der Waals surface area contributed by atoms with Crippen LogP contribution in [-0.2, 0) is 11.3 Å². The minimum Gasteiger partial charge on any atom is -0.407 e. The fraction of sp³-hybridized carbons (Fsp3) is 0.833. The Bertz CT molecular complexity index is 385. The van der Waals surface area contributed by atoms with Gasteiger partial charge in [0.05, 0.1) is 19.3 Å². The summed E-state index contributed by atoms with van der Waals surface area (Å²) in [7, 11) is 1.66. The number of rotatable bonds is 6. The van der Waals surface area contributed by atoms with E-state index in [9.17, 15) is 5.11 Å². The molecule has 1 aliphatic heterocycles. The summed E-state index contributed by atoms with van der Waals surface area (Å²) in [6.45, 7) is 5.38. The van der Waals surface area contributed by atoms with Gasteiger partial charge in [0.15, 0.2) is 0 Å². The van der Waals surface area contributed by atoms with Crippen LogP contribution in [0.4, 0.5) is 6.01 Å². The van der Waals surface area contributed by atoms with Gasteiger partial charge in [-0.25, -0.2) is 0 Å². The second-order valence-electron chi connectivity index (χ2n) is 4.93. The third kappa shape index (κ3) is 3.89. The minimum absolute atomic E-state index is 0.328. The lowest BCUT2D eigenvalue weighted by Crippen LogP contribution is -2.43. The monoisotopic (exact) mass is 270 g/mol. The molecule has 108 valence electrons. The Morgan fingerprint density at radius 1 is 1.53 bits per heavy atom. The van der Waals surface area contributed by atoms with Gasteiger partial charge in [0.25, 0.3) is 0 Å². The quantitative estimate of drug-likeness (QED) is 0.705. The Morgan fingerprint density at radius 3 is 3.11 bits per heavy atom. The summed E-state index contributed by atoms with van der Waals surface area (Å²) in [5.41, 5.74) is 0. The van der Waals surface area contributed by atoms with Gasteiger partial charge in [-0.1, -0.05) is 12.0 Å². The standard InChI is InChI=1S/C12H22N4O3/c1-9-3-5-16(8-10(9)17)12-15-14-11(19-12)7-13-4-6-18-2/h9-10,13,17H,3-8H2,1-2H3. The number of hydrogen-bond acceptors (Lipinski definition) is 7. The van der Waals surface area contributed by atoms with Gasteiger partial charge in [-0.3, -0.25) is 0 Å². The van der Waals surface area contributed by atoms with E-state index in [0.29, 0.717) is 37.5 Å². The fourth-order valence-corrected chi connectivity index (χ4v) is 2.04. The normalized spacial score (nSPS) is 23.8. The number of ether oxygens (including phenoxy) is 1. The Kier molecular flexibility index (Phi) is 5.12. The van der Waals surface area contributed by atoms with Gasteiger partial charge < -0.3 is 24.5 Å². The van der Waals surface area contributed by atoms with E-state index in [1.165, 1.54) is 0 Å². The first-order chi connectivity index (χ1) is 9.20. The lowest BCUT2D eigenvalue weighted by molar-refractivity contribution is 0.101. The maximum atomic E-state index is 9.86. The highest BCUT2D eigenvalue weighted by atomic mass is 16.5. The number of aromatic nitrogens is 2. The van der Waals surface area contributed by atoms with E-state index in [1.807, 2.05) is 4.90 Å². The summed E-state index contributed by atoms with van der Waals surface area (Å²) in [5.74, 6) is 0.883. The van der Waals surface area contributed by atoms with Crippen molar-refractivity contribution in [3.63, 3.8) is 0 Å². The first-order valence-electron chi connectivity index (χ1n) is 6.65. The van der Waals surface area contributed by atoms with Gasteiger partial charge in [-0.05, 0) is 12.3 Å². The molecule has 0 saturated carbocycles. The van der Waals surface area contributed by atoms with Crippen LogP contribution < -0.4 is 10.2 Å². The maximum absolute atomic E-state index is 9.86. The van der Waals surface area contributed by atoms with E-state index in [-0.39, 0.29) is 6.10 Å². The molecule has 0 spiro atoms. The highest BCUT2D eigenvalue weighted by Crippen LogP contribution is 2.22. The van der Waals surface area contributed by atoms with Crippen molar-refractivity contribution in [2.24, 2.45) is 5.92 Å². The Hall–Kier alpha value is -1.18. The highest BCUT2D eigenvalue weighted by molar-refractivity contribution is 5.25. The van der Waals surface area contributed by atoms with Crippen LogP contribution in [0.2, 0.25) is 0 Å². The number of nitrogens with one attached hydrogen (secondary N) is 1. The first-order valence-corrected chi connectivity index (χ1v) is 6.65. The van der Waals surface area contributed by atoms with E-state index in [1.54, 1.807) is 7.11 Å². The average Bonchev–Trinajstić information content (AvgIpc) is 2.87. The third-order valence-corrected chi connectivity index (χ3v) is 3.40. The largest absolute Gasteiger partial charge is 0.407 e. The van der Waals surface area contributed by atoms with Crippen LogP contribution >= 0.6 is 0 Å². The van der Waals surface area contributed by atoms with Crippen LogP contribution in [0.3, 0.4) is 0 Å². The van der Waals surface area contributed by atoms with Crippen molar-refractivity contribution in [1.29, 1.82) is 0 Å². The molecule has 1 aromatic heterocycles. The number of methoxy groups -OCH3 is 1. The van der Waals surface area contributed by atoms with Crippen molar-refractivity contribution < 1.29 is 14.3 Å². The molecule has 7 heteroatoms. The molecule has 7 nitrogen and oxygen atoms in total. The number of nitrogens with zero attached hydrogens (tertiary/aromatic N) is 3. The van der Waals surface area contributed by atoms with Crippen molar-refractivity contribution in [3.8, 4) is 0 Å². The lowest BCUT2D eigenvalue weighted by atomic mass is 9.96. The average molecular weight is 270 g/mol. The second-order valence-corrected chi connectivity index (χ2v) is 4.93. The van der Waals surface area contributed by atoms with E-state index in [4.69, 9.17) is 9.15 Å². The molecule has 2 heterocycles. The van der Waals surface area contributed by atoms with Gasteiger partial charge in [0, 0.05) is 26.7 Å². The molecule has 1 aromatic rings. The summed E-state index contributed by atoms with van der Waals surface area (Å²) in [6.07, 6.45) is 0.606. The molecular weight excluding hydrogens is 248 g/mol. The molecule has 0 aromatic carbocycles. The molecule has 0 aliphatic carbocycles. The van der Waals surface area contributed by atoms with Crippen LogP contribution in [-0.4, -0.2) is 54.8 Å². The molecule has 0 bridgehead atoms. The summed E-state index contributed by atoms with van der Waals surface area (Å²) < 4.78 is 10.5. The Balaban J connectivity index is 1.83. The molecule has 1 saturated heterocycles. The van der Waals surface area contributed by atoms with Crippen LogP contribution in [0.15, 0.2) is 4.42 Å². The van der Waals surface area contributed by atoms with Crippen molar-refractivity contribution in [3.05, 3.63) is 5.89 Å². The zero-order valence-electron chi connectivity index (χ0n) is 11.5. The van der Waals surface area contributed by atoms with Crippen molar-refractivity contribution in [2.75, 3.05) is 38.3 Å². The van der Waals surface area contributed by atoms with E-state index in [2.05, 4.69) is 22.4 Å². The second kappa shape index (κ2) is 6.83. The lowest BCUT2D eigenvalue weighted by Gasteiger charge is -2.32. The van der Waals surface area contributed by atoms with Crippen molar-refractivity contribution >= 4 is 6.01 Å². The molecule has 0 radical (unpaired) electrons. The van der Waals surface area contributed by atoms with E-state index < -0.39 is 0 Å². The van der Waals surface area contributed by atoms with Crippen molar-refractivity contribution in [1.82, 2.24) is 15.5 Å². The number of aliphatic hydroxyl groups is 1. The molecule has 2 N–H and O–H groups in total. The number of hydrogen-bond donors (Lipinski definition) is 2. The summed E-state index contributed by atoms with van der Waals surface area (Å²) in [4.78, 5) is 1.94. The van der Waals surface area contributed by atoms with Crippen LogP contribution in [0, 0.1) is 5.92 Å². The number of aliphatic hydroxyl groups excluding tert-OH is 1. The topological polar surface area (TPSA) is 83.7 Å². The van der Waals surface area contributed by atoms with Crippen LogP contribution in [0.1, 0.15) is 19.2 Å². The zero-order chi connectivity index (χ0) is 13.7. The molecule has 1 aliphatic rings. The first kappa shape index (κ1) is 14.2. The maximum Gasteiger partial charge on any atom is 0.318 e. The summed E-state index contributed by atoms with van der Waals surface area (Å²) in [6, 6.07) is 0.495. The number of β-amino-alcohol motifs (C(OH)–C–C–N with tert-alkyl or cyclic N) is 1. The van der Waals surface area contributed by atoms with Crippen LogP contribution in [0.5, 0.6) is 0 Å². The molecule has 19 heavy (non-hydrogen) atoms. The predicted octanol–water partition coefficient (Wildman–Crippen LogP) is 0.0127.